The molecule has 0 spiro atoms. The molecule has 2 aromatic carbocycles. The van der Waals surface area contributed by atoms with Gasteiger partial charge < -0.3 is 9.64 Å². The number of aryl methyl sites for hydroxylation is 1. The minimum atomic E-state index is -0.201. The quantitative estimate of drug-likeness (QED) is 0.569. The predicted octanol–water partition coefficient (Wildman–Crippen LogP) is 4.65. The Morgan fingerprint density at radius 3 is 2.54 bits per heavy atom. The second-order valence-corrected chi connectivity index (χ2v) is 6.06. The molecule has 24 heavy (non-hydrogen) atoms. The van der Waals surface area contributed by atoms with Gasteiger partial charge in [0, 0.05) is 19.7 Å². The Morgan fingerprint density at radius 2 is 1.92 bits per heavy atom. The monoisotopic (exact) mass is 328 g/mol. The lowest BCUT2D eigenvalue weighted by atomic mass is 9.98. The highest BCUT2D eigenvalue weighted by molar-refractivity contribution is 5.65. The van der Waals surface area contributed by atoms with Crippen molar-refractivity contribution >= 4 is 12.0 Å². The molecule has 0 heterocycles. The zero-order valence-electron chi connectivity index (χ0n) is 15.1. The number of halogens is 1. The number of methoxy groups -OCH3 is 1. The summed E-state index contributed by atoms with van der Waals surface area (Å²) in [4.78, 5) is 6.58. The molecule has 0 fully saturated rings. The van der Waals surface area contributed by atoms with E-state index >= 15 is 0 Å². The molecule has 0 bridgehead atoms. The maximum absolute atomic E-state index is 13.7. The summed E-state index contributed by atoms with van der Waals surface area (Å²) in [5, 5.41) is 0. The van der Waals surface area contributed by atoms with Crippen LogP contribution in [-0.4, -0.2) is 31.9 Å². The fourth-order valence-corrected chi connectivity index (χ4v) is 2.54. The van der Waals surface area contributed by atoms with Crippen LogP contribution in [0.4, 0.5) is 10.1 Å². The van der Waals surface area contributed by atoms with Crippen molar-refractivity contribution < 1.29 is 9.13 Å². The van der Waals surface area contributed by atoms with Crippen molar-refractivity contribution in [3.63, 3.8) is 0 Å². The molecule has 0 aromatic heterocycles. The third-order valence-corrected chi connectivity index (χ3v) is 4.09. The smallest absolute Gasteiger partial charge is 0.123 e. The number of nitrogens with zero attached hydrogens (tertiary/aromatic N) is 2. The first-order valence-corrected chi connectivity index (χ1v) is 8.11. The van der Waals surface area contributed by atoms with Gasteiger partial charge in [0.1, 0.15) is 11.6 Å². The molecule has 0 atom stereocenters. The molecule has 0 unspecified atom stereocenters. The van der Waals surface area contributed by atoms with E-state index in [1.165, 1.54) is 6.07 Å². The zero-order chi connectivity index (χ0) is 17.7. The highest BCUT2D eigenvalue weighted by atomic mass is 19.1. The van der Waals surface area contributed by atoms with Gasteiger partial charge in [-0.1, -0.05) is 6.07 Å². The summed E-state index contributed by atoms with van der Waals surface area (Å²) in [5.74, 6) is 0.559. The molecule has 2 rings (SSSR count). The molecule has 4 heteroatoms. The van der Waals surface area contributed by atoms with Crippen LogP contribution in [0.2, 0.25) is 0 Å². The summed E-state index contributed by atoms with van der Waals surface area (Å²) in [7, 11) is 3.63. The van der Waals surface area contributed by atoms with Gasteiger partial charge in [-0.05, 0) is 67.6 Å². The second kappa shape index (κ2) is 7.95. The van der Waals surface area contributed by atoms with Crippen molar-refractivity contribution in [3.8, 4) is 5.75 Å². The van der Waals surface area contributed by atoms with Crippen molar-refractivity contribution in [1.29, 1.82) is 0 Å². The lowest BCUT2D eigenvalue weighted by Crippen LogP contribution is -2.14. The van der Waals surface area contributed by atoms with Gasteiger partial charge in [-0.25, -0.2) is 9.38 Å². The van der Waals surface area contributed by atoms with Gasteiger partial charge in [0.15, 0.2) is 0 Å². The highest BCUT2D eigenvalue weighted by Gasteiger charge is 2.09. The number of rotatable bonds is 6. The van der Waals surface area contributed by atoms with E-state index in [9.17, 15) is 4.39 Å². The van der Waals surface area contributed by atoms with Gasteiger partial charge >= 0.3 is 0 Å². The van der Waals surface area contributed by atoms with Crippen LogP contribution in [0, 0.1) is 19.7 Å². The van der Waals surface area contributed by atoms with Crippen LogP contribution in [0.3, 0.4) is 0 Å². The van der Waals surface area contributed by atoms with E-state index < -0.39 is 0 Å². The number of aliphatic imine (C=N–C) groups is 1. The molecule has 0 aliphatic carbocycles. The van der Waals surface area contributed by atoms with Crippen LogP contribution in [0.5, 0.6) is 5.75 Å². The topological polar surface area (TPSA) is 24.8 Å². The van der Waals surface area contributed by atoms with E-state index in [1.807, 2.05) is 50.3 Å². The van der Waals surface area contributed by atoms with Crippen LogP contribution in [0.25, 0.3) is 0 Å². The minimum absolute atomic E-state index is 0.201. The van der Waals surface area contributed by atoms with Gasteiger partial charge in [-0.3, -0.25) is 0 Å². The van der Waals surface area contributed by atoms with Crippen molar-refractivity contribution in [2.24, 2.45) is 4.99 Å². The number of hydrogen-bond acceptors (Lipinski definition) is 2. The molecular weight excluding hydrogens is 303 g/mol. The lowest BCUT2D eigenvalue weighted by molar-refractivity contribution is 0.414. The molecule has 0 aliphatic heterocycles. The summed E-state index contributed by atoms with van der Waals surface area (Å²) in [6.07, 6.45) is 2.46. The van der Waals surface area contributed by atoms with Crippen LogP contribution in [0.1, 0.15) is 29.2 Å². The average molecular weight is 328 g/mol. The van der Waals surface area contributed by atoms with E-state index in [4.69, 9.17) is 4.74 Å². The predicted molar refractivity (Wildman–Crippen MR) is 98.1 cm³/mol. The van der Waals surface area contributed by atoms with Crippen LogP contribution in [-0.2, 0) is 6.42 Å². The first-order valence-electron chi connectivity index (χ1n) is 8.11. The first kappa shape index (κ1) is 18.0. The summed E-state index contributed by atoms with van der Waals surface area (Å²) in [6, 6.07) is 9.06. The molecular formula is C20H25FN2O. The Kier molecular flexibility index (Phi) is 5.96. The normalized spacial score (nSPS) is 11.1. The standard InChI is InChI=1S/C20H25FN2O/c1-6-23(4)13-22-20-12-19(24-5)11-17(15(20)3)9-16-7-14(2)8-18(21)10-16/h7-8,10-13H,6,9H2,1-5H3. The van der Waals surface area contributed by atoms with Crippen molar-refractivity contribution in [3.05, 3.63) is 58.4 Å². The Bertz CT molecular complexity index is 720. The van der Waals surface area contributed by atoms with Gasteiger partial charge in [0.2, 0.25) is 0 Å². The second-order valence-electron chi connectivity index (χ2n) is 6.06. The Labute approximate surface area is 143 Å². The molecule has 0 amide bonds. The number of ether oxygens (including phenoxy) is 1. The van der Waals surface area contributed by atoms with Crippen LogP contribution in [0.15, 0.2) is 35.3 Å². The highest BCUT2D eigenvalue weighted by Crippen LogP contribution is 2.30. The maximum atomic E-state index is 13.7. The van der Waals surface area contributed by atoms with E-state index in [0.29, 0.717) is 6.42 Å². The van der Waals surface area contributed by atoms with Crippen molar-refractivity contribution in [1.82, 2.24) is 4.90 Å². The van der Waals surface area contributed by atoms with Crippen molar-refractivity contribution in [2.45, 2.75) is 27.2 Å². The molecule has 0 aliphatic rings. The number of hydrogen-bond donors (Lipinski definition) is 0. The Balaban J connectivity index is 2.40. The largest absolute Gasteiger partial charge is 0.497 e. The minimum Gasteiger partial charge on any atom is -0.497 e. The van der Waals surface area contributed by atoms with E-state index in [2.05, 4.69) is 11.9 Å². The molecule has 0 radical (unpaired) electrons. The third-order valence-electron chi connectivity index (χ3n) is 4.09. The summed E-state index contributed by atoms with van der Waals surface area (Å²) < 4.78 is 19.1. The number of benzene rings is 2. The maximum Gasteiger partial charge on any atom is 0.123 e. The Morgan fingerprint density at radius 1 is 1.17 bits per heavy atom. The summed E-state index contributed by atoms with van der Waals surface area (Å²) in [6.45, 7) is 6.91. The molecule has 0 N–H and O–H groups in total. The van der Waals surface area contributed by atoms with Gasteiger partial charge in [-0.2, -0.15) is 0 Å². The summed E-state index contributed by atoms with van der Waals surface area (Å²) in [5.41, 5.74) is 4.92. The third kappa shape index (κ3) is 4.57. The van der Waals surface area contributed by atoms with Crippen molar-refractivity contribution in [2.75, 3.05) is 20.7 Å². The molecule has 3 nitrogen and oxygen atoms in total. The molecule has 0 saturated heterocycles. The zero-order valence-corrected chi connectivity index (χ0v) is 15.1. The van der Waals surface area contributed by atoms with Gasteiger partial charge in [-0.15, -0.1) is 0 Å². The molecule has 0 saturated carbocycles. The van der Waals surface area contributed by atoms with Crippen LogP contribution < -0.4 is 4.74 Å². The first-order chi connectivity index (χ1) is 11.4. The fraction of sp³-hybridized carbons (Fsp3) is 0.350. The molecule has 128 valence electrons. The van der Waals surface area contributed by atoms with Gasteiger partial charge in [0.05, 0.1) is 19.1 Å². The molecule has 2 aromatic rings. The SMILES string of the molecule is CCN(C)C=Nc1cc(OC)cc(Cc2cc(C)cc(F)c2)c1C. The summed E-state index contributed by atoms with van der Waals surface area (Å²) >= 11 is 0. The van der Waals surface area contributed by atoms with E-state index in [0.717, 1.165) is 40.2 Å². The van der Waals surface area contributed by atoms with E-state index in [-0.39, 0.29) is 5.82 Å². The van der Waals surface area contributed by atoms with Gasteiger partial charge in [0.25, 0.3) is 0 Å². The fourth-order valence-electron chi connectivity index (χ4n) is 2.54. The average Bonchev–Trinajstić information content (AvgIpc) is 2.54. The van der Waals surface area contributed by atoms with E-state index in [1.54, 1.807) is 13.2 Å². The lowest BCUT2D eigenvalue weighted by Gasteiger charge is -2.14. The Hall–Kier alpha value is -2.36. The van der Waals surface area contributed by atoms with Crippen LogP contribution >= 0.6 is 0 Å².